The molecule has 0 atom stereocenters. The van der Waals surface area contributed by atoms with E-state index in [1.807, 2.05) is 36.4 Å². The van der Waals surface area contributed by atoms with E-state index in [-0.39, 0.29) is 5.91 Å². The lowest BCUT2D eigenvalue weighted by atomic mass is 10.1. The molecule has 150 valence electrons. The van der Waals surface area contributed by atoms with E-state index in [1.165, 1.54) is 0 Å². The smallest absolute Gasteiger partial charge is 0.225 e. The first-order valence-corrected chi connectivity index (χ1v) is 9.16. The number of amides is 1. The molecule has 1 amide bonds. The molecule has 1 aromatic carbocycles. The van der Waals surface area contributed by atoms with Gasteiger partial charge in [-0.1, -0.05) is 12.1 Å². The summed E-state index contributed by atoms with van der Waals surface area (Å²) in [5.74, 6) is 2.19. The predicted molar refractivity (Wildman–Crippen MR) is 110 cm³/mol. The van der Waals surface area contributed by atoms with Crippen LogP contribution in [0.1, 0.15) is 17.7 Å². The third kappa shape index (κ3) is 5.90. The lowest BCUT2D eigenvalue weighted by Gasteiger charge is -2.10. The minimum Gasteiger partial charge on any atom is -0.493 e. The fourth-order valence-electron chi connectivity index (χ4n) is 2.68. The highest BCUT2D eigenvalue weighted by Gasteiger charge is 2.08. The zero-order valence-electron chi connectivity index (χ0n) is 16.4. The lowest BCUT2D eigenvalue weighted by Crippen LogP contribution is -2.14. The van der Waals surface area contributed by atoms with Gasteiger partial charge in [0, 0.05) is 12.6 Å². The molecule has 2 N–H and O–H groups in total. The van der Waals surface area contributed by atoms with Crippen LogP contribution in [0.3, 0.4) is 0 Å². The summed E-state index contributed by atoms with van der Waals surface area (Å²) >= 11 is 0. The molecule has 0 saturated heterocycles. The van der Waals surface area contributed by atoms with Crippen LogP contribution in [0.5, 0.6) is 11.5 Å². The molecule has 2 heterocycles. The Morgan fingerprint density at radius 2 is 1.76 bits per heavy atom. The quantitative estimate of drug-likeness (QED) is 0.576. The zero-order valence-corrected chi connectivity index (χ0v) is 16.4. The Morgan fingerprint density at radius 3 is 2.45 bits per heavy atom. The van der Waals surface area contributed by atoms with Crippen LogP contribution in [-0.4, -0.2) is 35.3 Å². The Labute approximate surface area is 169 Å². The zero-order chi connectivity index (χ0) is 20.5. The van der Waals surface area contributed by atoms with Crippen LogP contribution < -0.4 is 20.1 Å². The molecule has 0 aliphatic carbocycles. The minimum absolute atomic E-state index is 0.136. The number of carbonyl (C=O) groups is 1. The van der Waals surface area contributed by atoms with E-state index in [4.69, 9.17) is 9.47 Å². The Bertz CT molecular complexity index is 933. The first-order valence-electron chi connectivity index (χ1n) is 9.16. The third-order valence-electron chi connectivity index (χ3n) is 4.20. The van der Waals surface area contributed by atoms with Crippen LogP contribution in [0.2, 0.25) is 0 Å². The topological polar surface area (TPSA) is 98.3 Å². The third-order valence-corrected chi connectivity index (χ3v) is 4.20. The van der Waals surface area contributed by atoms with Crippen molar-refractivity contribution in [2.24, 2.45) is 0 Å². The van der Waals surface area contributed by atoms with E-state index in [2.05, 4.69) is 25.8 Å². The standard InChI is InChI=1S/C21H23N5O3/c1-28-17-8-6-15(13-18(17)29-2)7-11-21(27)24-20-10-9-19(25-26-20)23-14-16-5-3-4-12-22-16/h3-6,8-10,12-13H,7,11,14H2,1-2H3,(H,23,25)(H,24,26,27). The summed E-state index contributed by atoms with van der Waals surface area (Å²) in [4.78, 5) is 16.4. The van der Waals surface area contributed by atoms with Gasteiger partial charge >= 0.3 is 0 Å². The summed E-state index contributed by atoms with van der Waals surface area (Å²) in [7, 11) is 3.17. The van der Waals surface area contributed by atoms with Crippen molar-refractivity contribution >= 4 is 17.5 Å². The average Bonchev–Trinajstić information content (AvgIpc) is 2.77. The van der Waals surface area contributed by atoms with E-state index < -0.39 is 0 Å². The van der Waals surface area contributed by atoms with Gasteiger partial charge in [-0.25, -0.2) is 0 Å². The Balaban J connectivity index is 1.48. The number of anilines is 2. The number of ether oxygens (including phenoxy) is 2. The maximum atomic E-state index is 12.2. The van der Waals surface area contributed by atoms with Gasteiger partial charge in [-0.15, -0.1) is 10.2 Å². The van der Waals surface area contributed by atoms with E-state index in [0.29, 0.717) is 42.5 Å². The van der Waals surface area contributed by atoms with Crippen LogP contribution >= 0.6 is 0 Å². The summed E-state index contributed by atoms with van der Waals surface area (Å²) < 4.78 is 10.5. The van der Waals surface area contributed by atoms with Crippen molar-refractivity contribution in [1.82, 2.24) is 15.2 Å². The van der Waals surface area contributed by atoms with Crippen molar-refractivity contribution in [2.75, 3.05) is 24.9 Å². The monoisotopic (exact) mass is 393 g/mol. The second-order valence-corrected chi connectivity index (χ2v) is 6.22. The lowest BCUT2D eigenvalue weighted by molar-refractivity contribution is -0.116. The van der Waals surface area contributed by atoms with Crippen molar-refractivity contribution in [2.45, 2.75) is 19.4 Å². The van der Waals surface area contributed by atoms with Gasteiger partial charge in [0.2, 0.25) is 5.91 Å². The number of benzene rings is 1. The van der Waals surface area contributed by atoms with Crippen LogP contribution in [-0.2, 0) is 17.8 Å². The normalized spacial score (nSPS) is 10.3. The van der Waals surface area contributed by atoms with Crippen molar-refractivity contribution < 1.29 is 14.3 Å². The first-order chi connectivity index (χ1) is 14.2. The summed E-state index contributed by atoms with van der Waals surface area (Å²) in [5, 5.41) is 14.0. The van der Waals surface area contributed by atoms with Gasteiger partial charge in [0.1, 0.15) is 5.82 Å². The molecular formula is C21H23N5O3. The highest BCUT2D eigenvalue weighted by atomic mass is 16.5. The molecule has 3 rings (SSSR count). The molecule has 3 aromatic rings. The van der Waals surface area contributed by atoms with Crippen molar-refractivity contribution in [1.29, 1.82) is 0 Å². The second kappa shape index (κ2) is 10.0. The molecule has 0 fully saturated rings. The van der Waals surface area contributed by atoms with Crippen molar-refractivity contribution in [3.63, 3.8) is 0 Å². The number of methoxy groups -OCH3 is 2. The van der Waals surface area contributed by atoms with E-state index in [9.17, 15) is 4.79 Å². The number of pyridine rings is 1. The number of nitrogens with one attached hydrogen (secondary N) is 2. The Hall–Kier alpha value is -3.68. The molecule has 0 aliphatic heterocycles. The van der Waals surface area contributed by atoms with Crippen LogP contribution in [0.25, 0.3) is 0 Å². The van der Waals surface area contributed by atoms with Gasteiger partial charge in [-0.05, 0) is 48.4 Å². The summed E-state index contributed by atoms with van der Waals surface area (Å²) in [6.45, 7) is 0.548. The van der Waals surface area contributed by atoms with E-state index in [1.54, 1.807) is 32.5 Å². The van der Waals surface area contributed by atoms with Gasteiger partial charge in [0.25, 0.3) is 0 Å². The number of aromatic nitrogens is 3. The molecule has 0 radical (unpaired) electrons. The summed E-state index contributed by atoms with van der Waals surface area (Å²) in [6, 6.07) is 14.8. The number of nitrogens with zero attached hydrogens (tertiary/aromatic N) is 3. The van der Waals surface area contributed by atoms with Crippen LogP contribution in [0.4, 0.5) is 11.6 Å². The van der Waals surface area contributed by atoms with Gasteiger partial charge < -0.3 is 20.1 Å². The largest absolute Gasteiger partial charge is 0.493 e. The molecule has 8 heteroatoms. The molecule has 0 saturated carbocycles. The minimum atomic E-state index is -0.136. The Kier molecular flexibility index (Phi) is 6.94. The Morgan fingerprint density at radius 1 is 0.966 bits per heavy atom. The highest BCUT2D eigenvalue weighted by molar-refractivity contribution is 5.89. The predicted octanol–water partition coefficient (Wildman–Crippen LogP) is 3.07. The van der Waals surface area contributed by atoms with Gasteiger partial charge in [0.05, 0.1) is 26.5 Å². The SMILES string of the molecule is COc1ccc(CCC(=O)Nc2ccc(NCc3ccccn3)nn2)cc1OC. The molecule has 29 heavy (non-hydrogen) atoms. The number of hydrogen-bond acceptors (Lipinski definition) is 7. The molecule has 2 aromatic heterocycles. The fraction of sp³-hybridized carbons (Fsp3) is 0.238. The van der Waals surface area contributed by atoms with Crippen LogP contribution in [0.15, 0.2) is 54.7 Å². The van der Waals surface area contributed by atoms with E-state index in [0.717, 1.165) is 11.3 Å². The maximum Gasteiger partial charge on any atom is 0.225 e. The fourth-order valence-corrected chi connectivity index (χ4v) is 2.68. The summed E-state index contributed by atoms with van der Waals surface area (Å²) in [5.41, 5.74) is 1.89. The average molecular weight is 393 g/mol. The number of rotatable bonds is 9. The van der Waals surface area contributed by atoms with Gasteiger partial charge in [0.15, 0.2) is 17.3 Å². The molecular weight excluding hydrogens is 370 g/mol. The molecule has 8 nitrogen and oxygen atoms in total. The van der Waals surface area contributed by atoms with Gasteiger partial charge in [-0.3, -0.25) is 9.78 Å². The first kappa shape index (κ1) is 20.1. The molecule has 0 unspecified atom stereocenters. The highest BCUT2D eigenvalue weighted by Crippen LogP contribution is 2.28. The maximum absolute atomic E-state index is 12.2. The number of hydrogen-bond donors (Lipinski definition) is 2. The van der Waals surface area contributed by atoms with Crippen molar-refractivity contribution in [3.8, 4) is 11.5 Å². The molecule has 0 spiro atoms. The van der Waals surface area contributed by atoms with E-state index >= 15 is 0 Å². The van der Waals surface area contributed by atoms with Gasteiger partial charge in [-0.2, -0.15) is 0 Å². The van der Waals surface area contributed by atoms with Crippen molar-refractivity contribution in [3.05, 3.63) is 66.0 Å². The second-order valence-electron chi connectivity index (χ2n) is 6.22. The summed E-state index contributed by atoms with van der Waals surface area (Å²) in [6.07, 6.45) is 2.63. The number of aryl methyl sites for hydroxylation is 1. The molecule has 0 bridgehead atoms. The molecule has 0 aliphatic rings. The van der Waals surface area contributed by atoms with Crippen LogP contribution in [0, 0.1) is 0 Å². The number of carbonyl (C=O) groups excluding carboxylic acids is 1.